The Morgan fingerprint density at radius 3 is 2.83 bits per heavy atom. The summed E-state index contributed by atoms with van der Waals surface area (Å²) in [4.78, 5) is 22.3. The number of ether oxygens (including phenoxy) is 1. The van der Waals surface area contributed by atoms with Crippen LogP contribution in [0.2, 0.25) is 0 Å². The lowest BCUT2D eigenvalue weighted by Gasteiger charge is -2.26. The SMILES string of the molecule is N#Cc1cnc(N(C(=O)c2cn[nH]c2)c2ccc([C@H]3CNCCO3)c(F)c2)cn1. The van der Waals surface area contributed by atoms with Gasteiger partial charge in [-0.3, -0.25) is 14.8 Å². The number of aromatic amines is 1. The summed E-state index contributed by atoms with van der Waals surface area (Å²) < 4.78 is 20.5. The van der Waals surface area contributed by atoms with Gasteiger partial charge in [-0.15, -0.1) is 0 Å². The summed E-state index contributed by atoms with van der Waals surface area (Å²) >= 11 is 0. The number of amides is 1. The quantitative estimate of drug-likeness (QED) is 0.694. The average molecular weight is 393 g/mol. The first-order valence-electron chi connectivity index (χ1n) is 8.84. The van der Waals surface area contributed by atoms with Gasteiger partial charge >= 0.3 is 0 Å². The van der Waals surface area contributed by atoms with Gasteiger partial charge < -0.3 is 10.1 Å². The third kappa shape index (κ3) is 3.82. The molecule has 0 spiro atoms. The number of nitrogens with zero attached hydrogens (tertiary/aromatic N) is 5. The molecule has 10 heteroatoms. The second-order valence-electron chi connectivity index (χ2n) is 6.27. The van der Waals surface area contributed by atoms with Crippen molar-refractivity contribution in [1.29, 1.82) is 5.26 Å². The fourth-order valence-electron chi connectivity index (χ4n) is 3.03. The molecule has 29 heavy (non-hydrogen) atoms. The summed E-state index contributed by atoms with van der Waals surface area (Å²) in [6, 6.07) is 6.34. The molecule has 0 radical (unpaired) electrons. The molecule has 0 unspecified atom stereocenters. The average Bonchev–Trinajstić information content (AvgIpc) is 3.30. The van der Waals surface area contributed by atoms with Crippen molar-refractivity contribution in [2.45, 2.75) is 6.10 Å². The van der Waals surface area contributed by atoms with Crippen molar-refractivity contribution >= 4 is 17.4 Å². The van der Waals surface area contributed by atoms with Gasteiger partial charge in [0, 0.05) is 24.8 Å². The minimum atomic E-state index is -0.497. The molecule has 1 aromatic carbocycles. The van der Waals surface area contributed by atoms with Gasteiger partial charge in [-0.25, -0.2) is 14.4 Å². The number of carbonyl (C=O) groups is 1. The first kappa shape index (κ1) is 18.7. The molecule has 1 saturated heterocycles. The molecule has 3 aromatic rings. The summed E-state index contributed by atoms with van der Waals surface area (Å²) in [5, 5.41) is 18.4. The fraction of sp³-hybridized carbons (Fsp3) is 0.211. The van der Waals surface area contributed by atoms with Crippen LogP contribution in [0.15, 0.2) is 43.0 Å². The third-order valence-corrected chi connectivity index (χ3v) is 4.45. The van der Waals surface area contributed by atoms with E-state index in [1.54, 1.807) is 12.1 Å². The molecular formula is C19H16FN7O2. The Balaban J connectivity index is 1.73. The van der Waals surface area contributed by atoms with E-state index in [-0.39, 0.29) is 22.8 Å². The molecule has 1 aliphatic rings. The monoisotopic (exact) mass is 393 g/mol. The van der Waals surface area contributed by atoms with Crippen LogP contribution in [0.5, 0.6) is 0 Å². The predicted molar refractivity (Wildman–Crippen MR) is 99.8 cm³/mol. The second-order valence-corrected chi connectivity index (χ2v) is 6.27. The molecule has 0 saturated carbocycles. The van der Waals surface area contributed by atoms with Crippen LogP contribution in [0.4, 0.5) is 15.9 Å². The van der Waals surface area contributed by atoms with Crippen LogP contribution in [-0.4, -0.2) is 45.8 Å². The molecule has 0 bridgehead atoms. The summed E-state index contributed by atoms with van der Waals surface area (Å²) in [5.41, 5.74) is 1.04. The van der Waals surface area contributed by atoms with E-state index in [0.717, 1.165) is 6.54 Å². The van der Waals surface area contributed by atoms with Gasteiger partial charge in [-0.1, -0.05) is 6.07 Å². The zero-order valence-electron chi connectivity index (χ0n) is 15.2. The lowest BCUT2D eigenvalue weighted by molar-refractivity contribution is 0.0255. The van der Waals surface area contributed by atoms with Crippen LogP contribution in [0.3, 0.4) is 0 Å². The predicted octanol–water partition coefficient (Wildman–Crippen LogP) is 1.85. The number of nitriles is 1. The minimum absolute atomic E-state index is 0.105. The van der Waals surface area contributed by atoms with E-state index in [0.29, 0.717) is 18.7 Å². The maximum atomic E-state index is 14.9. The van der Waals surface area contributed by atoms with E-state index >= 15 is 0 Å². The molecule has 1 aliphatic heterocycles. The lowest BCUT2D eigenvalue weighted by atomic mass is 10.1. The van der Waals surface area contributed by atoms with Crippen molar-refractivity contribution in [3.63, 3.8) is 0 Å². The van der Waals surface area contributed by atoms with Gasteiger partial charge in [0.25, 0.3) is 5.91 Å². The minimum Gasteiger partial charge on any atom is -0.371 e. The summed E-state index contributed by atoms with van der Waals surface area (Å²) in [7, 11) is 0. The number of morpholine rings is 1. The van der Waals surface area contributed by atoms with E-state index < -0.39 is 17.8 Å². The number of rotatable bonds is 4. The summed E-state index contributed by atoms with van der Waals surface area (Å²) in [6.45, 7) is 1.73. The highest BCUT2D eigenvalue weighted by atomic mass is 19.1. The summed E-state index contributed by atoms with van der Waals surface area (Å²) in [5.74, 6) is -0.818. The number of benzene rings is 1. The number of hydrogen-bond donors (Lipinski definition) is 2. The number of carbonyl (C=O) groups excluding carboxylic acids is 1. The summed E-state index contributed by atoms with van der Waals surface area (Å²) in [6.07, 6.45) is 4.93. The first-order chi connectivity index (χ1) is 14.2. The molecule has 1 amide bonds. The van der Waals surface area contributed by atoms with Gasteiger partial charge in [-0.2, -0.15) is 10.4 Å². The number of aromatic nitrogens is 4. The Labute approximate surface area is 165 Å². The number of H-pyrrole nitrogens is 1. The number of nitrogens with one attached hydrogen (secondary N) is 2. The second kappa shape index (κ2) is 8.14. The molecule has 146 valence electrons. The van der Waals surface area contributed by atoms with Crippen molar-refractivity contribution in [1.82, 2.24) is 25.5 Å². The van der Waals surface area contributed by atoms with E-state index in [2.05, 4.69) is 25.5 Å². The van der Waals surface area contributed by atoms with E-state index in [1.807, 2.05) is 6.07 Å². The van der Waals surface area contributed by atoms with Crippen LogP contribution in [0.25, 0.3) is 0 Å². The zero-order chi connectivity index (χ0) is 20.2. The Bertz CT molecular complexity index is 1040. The highest BCUT2D eigenvalue weighted by molar-refractivity contribution is 6.10. The highest BCUT2D eigenvalue weighted by Crippen LogP contribution is 2.30. The fourth-order valence-corrected chi connectivity index (χ4v) is 3.03. The normalized spacial score (nSPS) is 16.2. The van der Waals surface area contributed by atoms with Gasteiger partial charge in [-0.05, 0) is 12.1 Å². The molecule has 4 rings (SSSR count). The van der Waals surface area contributed by atoms with Crippen LogP contribution < -0.4 is 10.2 Å². The first-order valence-corrected chi connectivity index (χ1v) is 8.84. The van der Waals surface area contributed by atoms with Crippen LogP contribution >= 0.6 is 0 Å². The molecule has 1 atom stereocenters. The molecule has 9 nitrogen and oxygen atoms in total. The van der Waals surface area contributed by atoms with Gasteiger partial charge in [0.05, 0.1) is 42.6 Å². The van der Waals surface area contributed by atoms with Crippen molar-refractivity contribution < 1.29 is 13.9 Å². The molecule has 1 fully saturated rings. The van der Waals surface area contributed by atoms with Crippen LogP contribution in [0.1, 0.15) is 27.7 Å². The molecule has 0 aliphatic carbocycles. The Hall–Kier alpha value is -3.68. The maximum Gasteiger partial charge on any atom is 0.267 e. The van der Waals surface area contributed by atoms with Crippen molar-refractivity contribution in [2.75, 3.05) is 24.6 Å². The topological polar surface area (TPSA) is 120 Å². The maximum absolute atomic E-state index is 14.9. The Morgan fingerprint density at radius 1 is 1.31 bits per heavy atom. The molecule has 2 N–H and O–H groups in total. The number of hydrogen-bond acceptors (Lipinski definition) is 7. The van der Waals surface area contributed by atoms with Crippen molar-refractivity contribution in [3.8, 4) is 6.07 Å². The van der Waals surface area contributed by atoms with E-state index in [9.17, 15) is 9.18 Å². The van der Waals surface area contributed by atoms with Crippen molar-refractivity contribution in [2.24, 2.45) is 0 Å². The largest absolute Gasteiger partial charge is 0.371 e. The van der Waals surface area contributed by atoms with Gasteiger partial charge in [0.15, 0.2) is 11.5 Å². The Morgan fingerprint density at radius 2 is 2.21 bits per heavy atom. The number of halogens is 1. The standard InChI is InChI=1S/C19H16FN7O2/c20-16-5-14(1-2-15(16)17-10-22-3-4-29-17)27(19(28)12-7-25-26-8-12)18-11-23-13(6-21)9-24-18/h1-2,5,7-9,11,17,22H,3-4,10H2,(H,25,26)/t17-/m1/s1. The lowest BCUT2D eigenvalue weighted by Crippen LogP contribution is -2.34. The van der Waals surface area contributed by atoms with Crippen molar-refractivity contribution in [3.05, 3.63) is 65.6 Å². The van der Waals surface area contributed by atoms with Crippen LogP contribution in [-0.2, 0) is 4.74 Å². The smallest absolute Gasteiger partial charge is 0.267 e. The third-order valence-electron chi connectivity index (χ3n) is 4.45. The van der Waals surface area contributed by atoms with E-state index in [1.165, 1.54) is 35.8 Å². The van der Waals surface area contributed by atoms with Crippen LogP contribution in [0, 0.1) is 17.1 Å². The van der Waals surface area contributed by atoms with Gasteiger partial charge in [0.1, 0.15) is 11.9 Å². The molecule has 3 heterocycles. The Kier molecular flexibility index (Phi) is 5.24. The molecule has 2 aromatic heterocycles. The molecular weight excluding hydrogens is 377 g/mol. The zero-order valence-corrected chi connectivity index (χ0v) is 15.2. The van der Waals surface area contributed by atoms with E-state index in [4.69, 9.17) is 10.00 Å². The highest BCUT2D eigenvalue weighted by Gasteiger charge is 2.25. The number of anilines is 2. The van der Waals surface area contributed by atoms with Gasteiger partial charge in [0.2, 0.25) is 0 Å².